The molecule has 9 heteroatoms. The van der Waals surface area contributed by atoms with Gasteiger partial charge in [0, 0.05) is 16.1 Å². The number of rotatable bonds is 6. The van der Waals surface area contributed by atoms with Gasteiger partial charge in [0.15, 0.2) is 11.5 Å². The molecule has 0 unspecified atom stereocenters. The van der Waals surface area contributed by atoms with Crippen molar-refractivity contribution in [1.82, 2.24) is 5.43 Å². The third-order valence-electron chi connectivity index (χ3n) is 3.35. The molecular formula is C17H16Cl2N2O5. The van der Waals surface area contributed by atoms with Crippen LogP contribution in [0.3, 0.4) is 0 Å². The van der Waals surface area contributed by atoms with Crippen LogP contribution in [0.4, 0.5) is 0 Å². The lowest BCUT2D eigenvalue weighted by Gasteiger charge is -2.10. The fourth-order valence-corrected chi connectivity index (χ4v) is 2.73. The number of phenolic OH excluding ortho intramolecular Hbond substituents is 1. The largest absolute Gasteiger partial charge is 0.502 e. The van der Waals surface area contributed by atoms with E-state index in [-0.39, 0.29) is 22.8 Å². The Morgan fingerprint density at radius 1 is 1.08 bits per heavy atom. The van der Waals surface area contributed by atoms with Crippen LogP contribution in [0.15, 0.2) is 29.4 Å². The summed E-state index contributed by atoms with van der Waals surface area (Å²) in [6.07, 6.45) is 1.35. The topological polar surface area (TPSA) is 89.4 Å². The number of hydrogen-bond donors (Lipinski definition) is 2. The van der Waals surface area contributed by atoms with Gasteiger partial charge in [0.1, 0.15) is 5.75 Å². The number of carbonyl (C=O) groups excluding carboxylic acids is 1. The lowest BCUT2D eigenvalue weighted by atomic mass is 10.1. The van der Waals surface area contributed by atoms with Crippen LogP contribution in [0.5, 0.6) is 23.0 Å². The molecule has 0 aliphatic carbocycles. The van der Waals surface area contributed by atoms with Crippen molar-refractivity contribution in [3.63, 3.8) is 0 Å². The number of phenols is 1. The van der Waals surface area contributed by atoms with Gasteiger partial charge in [-0.15, -0.1) is 0 Å². The van der Waals surface area contributed by atoms with Gasteiger partial charge in [-0.2, -0.15) is 5.10 Å². The standard InChI is InChI=1S/C17H16Cl2N2O5/c1-24-13-5-9(6-14(25-2)15(13)22)17(23)21-20-8-10-4-11(18)7-12(19)16(10)26-3/h4-8,22H,1-3H3,(H,21,23)/b20-8+. The van der Waals surface area contributed by atoms with Crippen LogP contribution >= 0.6 is 23.2 Å². The van der Waals surface area contributed by atoms with E-state index < -0.39 is 5.91 Å². The fraction of sp³-hybridized carbons (Fsp3) is 0.176. The van der Waals surface area contributed by atoms with E-state index in [0.717, 1.165) is 0 Å². The van der Waals surface area contributed by atoms with Crippen molar-refractivity contribution < 1.29 is 24.1 Å². The number of methoxy groups -OCH3 is 3. The van der Waals surface area contributed by atoms with Crippen LogP contribution < -0.4 is 19.6 Å². The number of aromatic hydroxyl groups is 1. The highest BCUT2D eigenvalue weighted by Crippen LogP contribution is 2.37. The molecule has 0 saturated carbocycles. The Hall–Kier alpha value is -2.64. The van der Waals surface area contributed by atoms with Gasteiger partial charge in [-0.25, -0.2) is 5.43 Å². The number of nitrogens with zero attached hydrogens (tertiary/aromatic N) is 1. The molecule has 2 aromatic rings. The molecule has 26 heavy (non-hydrogen) atoms. The number of benzene rings is 2. The summed E-state index contributed by atoms with van der Waals surface area (Å²) in [4.78, 5) is 12.3. The van der Waals surface area contributed by atoms with Gasteiger partial charge in [-0.3, -0.25) is 4.79 Å². The van der Waals surface area contributed by atoms with E-state index in [1.165, 1.54) is 45.7 Å². The number of hydrazone groups is 1. The molecule has 0 aromatic heterocycles. The third kappa shape index (κ3) is 4.30. The summed E-state index contributed by atoms with van der Waals surface area (Å²) in [7, 11) is 4.19. The summed E-state index contributed by atoms with van der Waals surface area (Å²) in [5, 5.41) is 14.5. The predicted molar refractivity (Wildman–Crippen MR) is 99.3 cm³/mol. The molecule has 2 N–H and O–H groups in total. The molecule has 2 rings (SSSR count). The number of amides is 1. The Labute approximate surface area is 160 Å². The van der Waals surface area contributed by atoms with Crippen molar-refractivity contribution in [1.29, 1.82) is 0 Å². The molecule has 0 atom stereocenters. The minimum Gasteiger partial charge on any atom is -0.502 e. The minimum absolute atomic E-state index is 0.0989. The van der Waals surface area contributed by atoms with Gasteiger partial charge < -0.3 is 19.3 Å². The van der Waals surface area contributed by atoms with Crippen molar-refractivity contribution >= 4 is 35.3 Å². The number of hydrogen-bond acceptors (Lipinski definition) is 6. The average molecular weight is 399 g/mol. The van der Waals surface area contributed by atoms with Crippen LogP contribution in [-0.2, 0) is 0 Å². The van der Waals surface area contributed by atoms with Crippen molar-refractivity contribution in [2.45, 2.75) is 0 Å². The Bertz CT molecular complexity index is 830. The molecule has 0 saturated heterocycles. The van der Waals surface area contributed by atoms with E-state index >= 15 is 0 Å². The van der Waals surface area contributed by atoms with E-state index in [0.29, 0.717) is 21.4 Å². The lowest BCUT2D eigenvalue weighted by molar-refractivity contribution is 0.0954. The van der Waals surface area contributed by atoms with E-state index in [4.69, 9.17) is 37.4 Å². The molecule has 1 amide bonds. The zero-order valence-electron chi connectivity index (χ0n) is 14.2. The van der Waals surface area contributed by atoms with Crippen LogP contribution in [-0.4, -0.2) is 38.6 Å². The maximum Gasteiger partial charge on any atom is 0.271 e. The average Bonchev–Trinajstić information content (AvgIpc) is 2.61. The minimum atomic E-state index is -0.537. The second-order valence-corrected chi connectivity index (χ2v) is 5.78. The highest BCUT2D eigenvalue weighted by atomic mass is 35.5. The summed E-state index contributed by atoms with van der Waals surface area (Å²) < 4.78 is 15.2. The first kappa shape index (κ1) is 19.7. The van der Waals surface area contributed by atoms with Gasteiger partial charge >= 0.3 is 0 Å². The number of carbonyl (C=O) groups is 1. The van der Waals surface area contributed by atoms with E-state index in [1.807, 2.05) is 0 Å². The van der Waals surface area contributed by atoms with Crippen LogP contribution in [0.1, 0.15) is 15.9 Å². The number of halogens is 2. The van der Waals surface area contributed by atoms with Gasteiger partial charge in [-0.1, -0.05) is 23.2 Å². The first-order chi connectivity index (χ1) is 12.4. The van der Waals surface area contributed by atoms with Gasteiger partial charge in [0.25, 0.3) is 5.91 Å². The zero-order valence-corrected chi connectivity index (χ0v) is 15.7. The smallest absolute Gasteiger partial charge is 0.271 e. The Balaban J connectivity index is 2.23. The quantitative estimate of drug-likeness (QED) is 0.574. The Morgan fingerprint density at radius 2 is 1.69 bits per heavy atom. The zero-order chi connectivity index (χ0) is 19.3. The van der Waals surface area contributed by atoms with Crippen molar-refractivity contribution in [3.05, 3.63) is 45.4 Å². The molecule has 0 aliphatic rings. The molecule has 0 heterocycles. The molecule has 0 radical (unpaired) electrons. The maximum absolute atomic E-state index is 12.3. The molecule has 138 valence electrons. The van der Waals surface area contributed by atoms with Crippen LogP contribution in [0, 0.1) is 0 Å². The summed E-state index contributed by atoms with van der Waals surface area (Å²) >= 11 is 12.0. The SMILES string of the molecule is COc1cc(C(=O)N/N=C/c2cc(Cl)cc(Cl)c2OC)cc(OC)c1O. The first-order valence-corrected chi connectivity index (χ1v) is 7.98. The molecule has 0 spiro atoms. The third-order valence-corrected chi connectivity index (χ3v) is 3.85. The van der Waals surface area contributed by atoms with Crippen molar-refractivity contribution in [2.24, 2.45) is 5.10 Å². The Kier molecular flexibility index (Phi) is 6.54. The molecule has 2 aromatic carbocycles. The first-order valence-electron chi connectivity index (χ1n) is 7.22. The van der Waals surface area contributed by atoms with Crippen LogP contribution in [0.2, 0.25) is 10.0 Å². The molecule has 0 fully saturated rings. The molecular weight excluding hydrogens is 383 g/mol. The Morgan fingerprint density at radius 3 is 2.23 bits per heavy atom. The van der Waals surface area contributed by atoms with Crippen molar-refractivity contribution in [2.75, 3.05) is 21.3 Å². The highest BCUT2D eigenvalue weighted by Gasteiger charge is 2.15. The fourth-order valence-electron chi connectivity index (χ4n) is 2.14. The van der Waals surface area contributed by atoms with E-state index in [9.17, 15) is 9.90 Å². The second kappa shape index (κ2) is 8.64. The lowest BCUT2D eigenvalue weighted by Crippen LogP contribution is -2.18. The molecule has 0 aliphatic heterocycles. The predicted octanol–water partition coefficient (Wildman–Crippen LogP) is 3.49. The summed E-state index contributed by atoms with van der Waals surface area (Å²) in [6, 6.07) is 5.85. The summed E-state index contributed by atoms with van der Waals surface area (Å²) in [5.41, 5.74) is 3.03. The van der Waals surface area contributed by atoms with E-state index in [1.54, 1.807) is 6.07 Å². The number of ether oxygens (including phenoxy) is 3. The monoisotopic (exact) mass is 398 g/mol. The summed E-state index contributed by atoms with van der Waals surface area (Å²) in [5.74, 6) is -0.163. The maximum atomic E-state index is 12.3. The number of nitrogens with one attached hydrogen (secondary N) is 1. The van der Waals surface area contributed by atoms with Gasteiger partial charge in [-0.05, 0) is 24.3 Å². The highest BCUT2D eigenvalue weighted by molar-refractivity contribution is 6.36. The second-order valence-electron chi connectivity index (χ2n) is 4.94. The molecule has 7 nitrogen and oxygen atoms in total. The van der Waals surface area contributed by atoms with E-state index in [2.05, 4.69) is 10.5 Å². The normalized spacial score (nSPS) is 10.7. The molecule has 0 bridgehead atoms. The summed E-state index contributed by atoms with van der Waals surface area (Å²) in [6.45, 7) is 0. The van der Waals surface area contributed by atoms with Gasteiger partial charge in [0.05, 0.1) is 32.6 Å². The van der Waals surface area contributed by atoms with Crippen molar-refractivity contribution in [3.8, 4) is 23.0 Å². The van der Waals surface area contributed by atoms with Crippen LogP contribution in [0.25, 0.3) is 0 Å². The van der Waals surface area contributed by atoms with Gasteiger partial charge in [0.2, 0.25) is 5.75 Å².